The zero-order chi connectivity index (χ0) is 18.1. The summed E-state index contributed by atoms with van der Waals surface area (Å²) >= 11 is 4.43. The van der Waals surface area contributed by atoms with Crippen LogP contribution in [0.1, 0.15) is 19.4 Å². The smallest absolute Gasteiger partial charge is 0.161 e. The number of nitrogens with zero attached hydrogens (tertiary/aromatic N) is 1. The molecule has 4 nitrogen and oxygen atoms in total. The van der Waals surface area contributed by atoms with E-state index in [1.54, 1.807) is 7.11 Å². The van der Waals surface area contributed by atoms with E-state index >= 15 is 0 Å². The van der Waals surface area contributed by atoms with E-state index in [1.807, 2.05) is 56.3 Å². The largest absolute Gasteiger partial charge is 0.496 e. The quantitative estimate of drug-likeness (QED) is 0.408. The Labute approximate surface area is 155 Å². The fraction of sp³-hybridized carbons (Fsp3) is 0.350. The first-order chi connectivity index (χ1) is 12.1. The highest BCUT2D eigenvalue weighted by Gasteiger charge is 2.04. The van der Waals surface area contributed by atoms with Crippen molar-refractivity contribution in [2.24, 2.45) is 4.99 Å². The number of para-hydroxylation sites is 2. The summed E-state index contributed by atoms with van der Waals surface area (Å²) < 4.78 is 16.5. The normalized spacial score (nSPS) is 11.3. The first-order valence-corrected chi connectivity index (χ1v) is 8.79. The molecule has 0 aliphatic rings. The van der Waals surface area contributed by atoms with E-state index in [9.17, 15) is 0 Å². The van der Waals surface area contributed by atoms with Gasteiger partial charge in [-0.1, -0.05) is 18.2 Å². The lowest BCUT2D eigenvalue weighted by Crippen LogP contribution is -2.06. The van der Waals surface area contributed by atoms with Gasteiger partial charge in [0.05, 0.1) is 20.3 Å². The molecule has 0 aliphatic heterocycles. The molecule has 134 valence electrons. The Morgan fingerprint density at radius 3 is 2.40 bits per heavy atom. The highest BCUT2D eigenvalue weighted by atomic mass is 32.1. The fourth-order valence-electron chi connectivity index (χ4n) is 2.43. The van der Waals surface area contributed by atoms with Gasteiger partial charge in [0.1, 0.15) is 12.4 Å². The number of hydrogen-bond acceptors (Lipinski definition) is 5. The Morgan fingerprint density at radius 2 is 1.76 bits per heavy atom. The number of hydrogen-bond donors (Lipinski definition) is 1. The van der Waals surface area contributed by atoms with Crippen molar-refractivity contribution in [2.45, 2.75) is 25.2 Å². The van der Waals surface area contributed by atoms with Crippen LogP contribution in [0.2, 0.25) is 0 Å². The van der Waals surface area contributed by atoms with Crippen molar-refractivity contribution in [2.75, 3.05) is 26.9 Å². The summed E-state index contributed by atoms with van der Waals surface area (Å²) in [4.78, 5) is 5.41. The molecule has 0 fully saturated rings. The molecule has 2 rings (SSSR count). The number of benzene rings is 2. The first kappa shape index (κ1) is 19.2. The first-order valence-electron chi connectivity index (χ1n) is 8.34. The van der Waals surface area contributed by atoms with E-state index in [4.69, 9.17) is 14.2 Å². The second-order valence-corrected chi connectivity index (χ2v) is 6.01. The van der Waals surface area contributed by atoms with Gasteiger partial charge in [0.2, 0.25) is 0 Å². The molecule has 0 aliphatic carbocycles. The minimum Gasteiger partial charge on any atom is -0.496 e. The Hall–Kier alpha value is -2.14. The second kappa shape index (κ2) is 9.99. The average molecular weight is 359 g/mol. The number of thiol groups is 1. The van der Waals surface area contributed by atoms with Crippen LogP contribution in [0, 0.1) is 0 Å². The number of methoxy groups -OCH3 is 1. The van der Waals surface area contributed by atoms with Crippen molar-refractivity contribution in [1.29, 1.82) is 0 Å². The van der Waals surface area contributed by atoms with Crippen LogP contribution < -0.4 is 14.2 Å². The zero-order valence-corrected chi connectivity index (χ0v) is 15.9. The van der Waals surface area contributed by atoms with Crippen LogP contribution in [0.15, 0.2) is 52.4 Å². The number of aliphatic imine (C=N–C) groups is 1. The third-order valence-electron chi connectivity index (χ3n) is 3.58. The van der Waals surface area contributed by atoms with Gasteiger partial charge in [0.15, 0.2) is 11.5 Å². The van der Waals surface area contributed by atoms with Crippen molar-refractivity contribution in [3.63, 3.8) is 0 Å². The van der Waals surface area contributed by atoms with Gasteiger partial charge in [-0.25, -0.2) is 0 Å². The summed E-state index contributed by atoms with van der Waals surface area (Å²) in [6.07, 6.45) is 0.785. The van der Waals surface area contributed by atoms with E-state index in [1.165, 1.54) is 0 Å². The van der Waals surface area contributed by atoms with E-state index in [0.717, 1.165) is 39.8 Å². The van der Waals surface area contributed by atoms with Gasteiger partial charge < -0.3 is 14.2 Å². The Bertz CT molecular complexity index is 716. The molecule has 0 spiro atoms. The van der Waals surface area contributed by atoms with Crippen molar-refractivity contribution < 1.29 is 14.2 Å². The SMILES string of the molecule is CCOc1ccccc1OCCN=C(C)Cc1ccc(OC)c(S)c1. The van der Waals surface area contributed by atoms with Crippen molar-refractivity contribution >= 4 is 18.3 Å². The third kappa shape index (κ3) is 6.02. The molecule has 0 bridgehead atoms. The maximum absolute atomic E-state index is 5.78. The fourth-order valence-corrected chi connectivity index (χ4v) is 2.76. The highest BCUT2D eigenvalue weighted by Crippen LogP contribution is 2.26. The lowest BCUT2D eigenvalue weighted by Gasteiger charge is -2.11. The molecule has 0 N–H and O–H groups in total. The molecule has 0 saturated heterocycles. The Morgan fingerprint density at radius 1 is 1.04 bits per heavy atom. The predicted octanol–water partition coefficient (Wildman–Crippen LogP) is 4.47. The van der Waals surface area contributed by atoms with Crippen LogP contribution in [0.5, 0.6) is 17.2 Å². The number of rotatable bonds is 9. The summed E-state index contributed by atoms with van der Waals surface area (Å²) in [5, 5.41) is 0. The van der Waals surface area contributed by atoms with Crippen LogP contribution in [-0.2, 0) is 6.42 Å². The molecule has 25 heavy (non-hydrogen) atoms. The molecule has 2 aromatic carbocycles. The maximum atomic E-state index is 5.78. The van der Waals surface area contributed by atoms with Crippen LogP contribution in [0.3, 0.4) is 0 Å². The zero-order valence-electron chi connectivity index (χ0n) is 15.0. The summed E-state index contributed by atoms with van der Waals surface area (Å²) in [5.74, 6) is 2.31. The van der Waals surface area contributed by atoms with E-state index in [0.29, 0.717) is 19.8 Å². The van der Waals surface area contributed by atoms with Crippen LogP contribution in [0.25, 0.3) is 0 Å². The van der Waals surface area contributed by atoms with Gasteiger partial charge in [0.25, 0.3) is 0 Å². The molecule has 0 saturated carbocycles. The molecule has 0 radical (unpaired) electrons. The van der Waals surface area contributed by atoms with Crippen LogP contribution in [-0.4, -0.2) is 32.6 Å². The summed E-state index contributed by atoms with van der Waals surface area (Å²) in [7, 11) is 1.64. The highest BCUT2D eigenvalue weighted by molar-refractivity contribution is 7.80. The maximum Gasteiger partial charge on any atom is 0.161 e. The van der Waals surface area contributed by atoms with E-state index in [-0.39, 0.29) is 0 Å². The van der Waals surface area contributed by atoms with Gasteiger partial charge in [-0.2, -0.15) is 0 Å². The monoisotopic (exact) mass is 359 g/mol. The van der Waals surface area contributed by atoms with Crippen molar-refractivity contribution in [3.8, 4) is 17.2 Å². The van der Waals surface area contributed by atoms with Gasteiger partial charge in [-0.15, -0.1) is 12.6 Å². The van der Waals surface area contributed by atoms with Crippen LogP contribution in [0.4, 0.5) is 0 Å². The van der Waals surface area contributed by atoms with Gasteiger partial charge in [-0.3, -0.25) is 4.99 Å². The molecular formula is C20H25NO3S. The molecule has 5 heteroatoms. The molecule has 0 aromatic heterocycles. The van der Waals surface area contributed by atoms with E-state index < -0.39 is 0 Å². The lowest BCUT2D eigenvalue weighted by atomic mass is 10.1. The lowest BCUT2D eigenvalue weighted by molar-refractivity contribution is 0.283. The molecule has 0 heterocycles. The molecular weight excluding hydrogens is 334 g/mol. The molecule has 0 amide bonds. The molecule has 0 atom stereocenters. The predicted molar refractivity (Wildman–Crippen MR) is 105 cm³/mol. The standard InChI is InChI=1S/C20H25NO3S/c1-4-23-17-7-5-6-8-18(17)24-12-11-21-15(2)13-16-9-10-19(22-3)20(25)14-16/h5-10,14,25H,4,11-13H2,1-3H3. The molecule has 2 aromatic rings. The van der Waals surface area contributed by atoms with Crippen molar-refractivity contribution in [1.82, 2.24) is 0 Å². The van der Waals surface area contributed by atoms with Gasteiger partial charge in [0, 0.05) is 17.0 Å². The average Bonchev–Trinajstić information content (AvgIpc) is 2.60. The second-order valence-electron chi connectivity index (χ2n) is 5.53. The van der Waals surface area contributed by atoms with Crippen molar-refractivity contribution in [3.05, 3.63) is 48.0 Å². The van der Waals surface area contributed by atoms with Crippen LogP contribution >= 0.6 is 12.6 Å². The summed E-state index contributed by atoms with van der Waals surface area (Å²) in [6.45, 7) is 5.72. The third-order valence-corrected chi connectivity index (χ3v) is 3.93. The summed E-state index contributed by atoms with van der Waals surface area (Å²) in [6, 6.07) is 13.7. The Balaban J connectivity index is 1.84. The minimum absolute atomic E-state index is 0.516. The van der Waals surface area contributed by atoms with Gasteiger partial charge in [-0.05, 0) is 43.7 Å². The Kier molecular flexibility index (Phi) is 7.67. The number of ether oxygens (including phenoxy) is 3. The van der Waals surface area contributed by atoms with E-state index in [2.05, 4.69) is 17.6 Å². The molecule has 0 unspecified atom stereocenters. The minimum atomic E-state index is 0.516. The summed E-state index contributed by atoms with van der Waals surface area (Å²) in [5.41, 5.74) is 2.22. The topological polar surface area (TPSA) is 40.0 Å². The van der Waals surface area contributed by atoms with Gasteiger partial charge >= 0.3 is 0 Å².